The molecule has 0 rings (SSSR count). The highest BCUT2D eigenvalue weighted by molar-refractivity contribution is 5.91. The summed E-state index contributed by atoms with van der Waals surface area (Å²) in [6.07, 6.45) is -0.334. The predicted molar refractivity (Wildman–Crippen MR) is 60.0 cm³/mol. The number of nitrogens with two attached hydrogens (primary N) is 2. The van der Waals surface area contributed by atoms with E-state index in [-0.39, 0.29) is 6.42 Å². The van der Waals surface area contributed by atoms with Crippen LogP contribution in [0.3, 0.4) is 0 Å². The summed E-state index contributed by atoms with van der Waals surface area (Å²) in [7, 11) is 0. The molecule has 0 bridgehead atoms. The average molecular weight is 260 g/mol. The van der Waals surface area contributed by atoms with Crippen LogP contribution in [0, 0.1) is 0 Å². The molecule has 0 saturated carbocycles. The van der Waals surface area contributed by atoms with Crippen LogP contribution < -0.4 is 22.1 Å². The van der Waals surface area contributed by atoms with Crippen LogP contribution in [0.1, 0.15) is 13.3 Å². The fraction of sp³-hybridized carbons (Fsp3) is 0.556. The third-order valence-corrected chi connectivity index (χ3v) is 1.93. The van der Waals surface area contributed by atoms with Crippen molar-refractivity contribution in [3.05, 3.63) is 0 Å². The Morgan fingerprint density at radius 2 is 1.83 bits per heavy atom. The summed E-state index contributed by atoms with van der Waals surface area (Å²) in [4.78, 5) is 43.4. The van der Waals surface area contributed by atoms with Crippen LogP contribution in [0.15, 0.2) is 0 Å². The van der Waals surface area contributed by atoms with E-state index in [1.54, 1.807) is 0 Å². The molecule has 7 N–H and O–H groups in total. The van der Waals surface area contributed by atoms with Crippen molar-refractivity contribution in [3.63, 3.8) is 0 Å². The molecular weight excluding hydrogens is 244 g/mol. The van der Waals surface area contributed by atoms with Crippen molar-refractivity contribution in [3.8, 4) is 0 Å². The smallest absolute Gasteiger partial charge is 0.325 e. The van der Waals surface area contributed by atoms with Crippen LogP contribution in [0.4, 0.5) is 0 Å². The normalized spacial score (nSPS) is 13.2. The van der Waals surface area contributed by atoms with E-state index in [1.165, 1.54) is 6.92 Å². The summed E-state index contributed by atoms with van der Waals surface area (Å²) in [6.45, 7) is 0.851. The molecule has 0 radical (unpaired) electrons. The first-order chi connectivity index (χ1) is 8.23. The molecule has 0 unspecified atom stereocenters. The molecule has 2 atom stereocenters. The van der Waals surface area contributed by atoms with Gasteiger partial charge in [-0.2, -0.15) is 0 Å². The molecule has 0 aliphatic rings. The van der Waals surface area contributed by atoms with E-state index in [1.807, 2.05) is 0 Å². The molecule has 9 heteroatoms. The molecule has 0 aromatic carbocycles. The van der Waals surface area contributed by atoms with Gasteiger partial charge in [-0.25, -0.2) is 0 Å². The number of primary amides is 1. The van der Waals surface area contributed by atoms with Gasteiger partial charge in [0.2, 0.25) is 17.7 Å². The molecule has 18 heavy (non-hydrogen) atoms. The van der Waals surface area contributed by atoms with Crippen LogP contribution in [0.25, 0.3) is 0 Å². The lowest BCUT2D eigenvalue weighted by Crippen LogP contribution is -2.48. The minimum atomic E-state index is -1.19. The summed E-state index contributed by atoms with van der Waals surface area (Å²) in [5, 5.41) is 12.8. The second kappa shape index (κ2) is 7.22. The van der Waals surface area contributed by atoms with E-state index in [2.05, 4.69) is 10.6 Å². The Hall–Kier alpha value is -2.16. The highest BCUT2D eigenvalue weighted by atomic mass is 16.4. The number of rotatable bonds is 7. The monoisotopic (exact) mass is 260 g/mol. The number of hydrogen-bond donors (Lipinski definition) is 5. The zero-order chi connectivity index (χ0) is 14.3. The average Bonchev–Trinajstić information content (AvgIpc) is 2.24. The van der Waals surface area contributed by atoms with Gasteiger partial charge in [-0.1, -0.05) is 0 Å². The van der Waals surface area contributed by atoms with Crippen molar-refractivity contribution in [2.24, 2.45) is 11.5 Å². The largest absolute Gasteiger partial charge is 0.480 e. The zero-order valence-corrected chi connectivity index (χ0v) is 9.80. The zero-order valence-electron chi connectivity index (χ0n) is 9.80. The number of aliphatic carboxylic acids is 1. The van der Waals surface area contributed by atoms with Crippen molar-refractivity contribution in [1.29, 1.82) is 0 Å². The van der Waals surface area contributed by atoms with E-state index >= 15 is 0 Å². The van der Waals surface area contributed by atoms with Gasteiger partial charge in [0.25, 0.3) is 0 Å². The molecule has 0 heterocycles. The number of nitrogens with one attached hydrogen (secondary N) is 2. The number of carboxylic acid groups (broad SMARTS) is 1. The molecule has 0 aromatic heterocycles. The number of hydrogen-bond acceptors (Lipinski definition) is 5. The molecule has 0 aliphatic carbocycles. The second-order valence-corrected chi connectivity index (χ2v) is 3.62. The highest BCUT2D eigenvalue weighted by Crippen LogP contribution is 1.87. The lowest BCUT2D eigenvalue weighted by Gasteiger charge is -2.12. The van der Waals surface area contributed by atoms with Gasteiger partial charge >= 0.3 is 5.97 Å². The summed E-state index contributed by atoms with van der Waals surface area (Å²) >= 11 is 0. The number of amides is 3. The van der Waals surface area contributed by atoms with Crippen molar-refractivity contribution in [1.82, 2.24) is 10.6 Å². The van der Waals surface area contributed by atoms with E-state index in [9.17, 15) is 19.2 Å². The molecular formula is C9H16N4O5. The Labute approximate surface area is 103 Å². The Morgan fingerprint density at radius 1 is 1.28 bits per heavy atom. The SMILES string of the molecule is C[C@H](NC(=O)CNC(=O)[C@@H](N)CC(N)=O)C(=O)O. The summed E-state index contributed by atoms with van der Waals surface area (Å²) in [5.74, 6) is -3.32. The maximum Gasteiger partial charge on any atom is 0.325 e. The Morgan fingerprint density at radius 3 is 2.28 bits per heavy atom. The van der Waals surface area contributed by atoms with Crippen molar-refractivity contribution in [2.45, 2.75) is 25.4 Å². The predicted octanol–water partition coefficient (Wildman–Crippen LogP) is -3.11. The molecule has 0 spiro atoms. The van der Waals surface area contributed by atoms with Gasteiger partial charge < -0.3 is 27.2 Å². The molecule has 9 nitrogen and oxygen atoms in total. The molecule has 0 fully saturated rings. The van der Waals surface area contributed by atoms with Crippen LogP contribution in [-0.4, -0.2) is 47.4 Å². The number of carboxylic acids is 1. The number of carbonyl (C=O) groups excluding carboxylic acids is 3. The van der Waals surface area contributed by atoms with E-state index in [4.69, 9.17) is 16.6 Å². The quantitative estimate of drug-likeness (QED) is 0.325. The lowest BCUT2D eigenvalue weighted by molar-refractivity contribution is -0.141. The highest BCUT2D eigenvalue weighted by Gasteiger charge is 2.18. The third-order valence-electron chi connectivity index (χ3n) is 1.93. The third kappa shape index (κ3) is 6.43. The minimum Gasteiger partial charge on any atom is -0.480 e. The summed E-state index contributed by atoms with van der Waals surface area (Å²) < 4.78 is 0. The first-order valence-corrected chi connectivity index (χ1v) is 5.07. The lowest BCUT2D eigenvalue weighted by atomic mass is 10.2. The maximum atomic E-state index is 11.3. The Kier molecular flexibility index (Phi) is 6.35. The van der Waals surface area contributed by atoms with Crippen LogP contribution in [0.5, 0.6) is 0 Å². The summed E-state index contributed by atoms with van der Waals surface area (Å²) in [6, 6.07) is -2.19. The van der Waals surface area contributed by atoms with Gasteiger partial charge in [0, 0.05) is 0 Å². The van der Waals surface area contributed by atoms with Crippen LogP contribution in [-0.2, 0) is 19.2 Å². The van der Waals surface area contributed by atoms with Gasteiger partial charge in [-0.3, -0.25) is 19.2 Å². The molecule has 0 aromatic rings. The van der Waals surface area contributed by atoms with Crippen LogP contribution in [0.2, 0.25) is 0 Å². The van der Waals surface area contributed by atoms with Gasteiger partial charge in [0.05, 0.1) is 19.0 Å². The standard InChI is InChI=1S/C9H16N4O5/c1-4(9(17)18)13-7(15)3-12-8(16)5(10)2-6(11)14/h4-5H,2-3,10H2,1H3,(H2,11,14)(H,12,16)(H,13,15)(H,17,18)/t4-,5-/m0/s1. The molecule has 3 amide bonds. The fourth-order valence-corrected chi connectivity index (χ4v) is 0.962. The fourth-order valence-electron chi connectivity index (χ4n) is 0.962. The molecule has 102 valence electrons. The van der Waals surface area contributed by atoms with Crippen molar-refractivity contribution in [2.75, 3.05) is 6.54 Å². The van der Waals surface area contributed by atoms with Crippen LogP contribution >= 0.6 is 0 Å². The second-order valence-electron chi connectivity index (χ2n) is 3.62. The van der Waals surface area contributed by atoms with Gasteiger partial charge in [-0.05, 0) is 6.92 Å². The van der Waals surface area contributed by atoms with E-state index in [0.29, 0.717) is 0 Å². The molecule has 0 aliphatic heterocycles. The minimum absolute atomic E-state index is 0.334. The van der Waals surface area contributed by atoms with Gasteiger partial charge in [-0.15, -0.1) is 0 Å². The first kappa shape index (κ1) is 15.8. The Bertz CT molecular complexity index is 357. The van der Waals surface area contributed by atoms with Crippen molar-refractivity contribution < 1.29 is 24.3 Å². The summed E-state index contributed by atoms with van der Waals surface area (Å²) in [5.41, 5.74) is 10.2. The van der Waals surface area contributed by atoms with Gasteiger partial charge in [0.1, 0.15) is 6.04 Å². The van der Waals surface area contributed by atoms with E-state index in [0.717, 1.165) is 0 Å². The molecule has 0 saturated heterocycles. The Balaban J connectivity index is 4.02. The maximum absolute atomic E-state index is 11.3. The first-order valence-electron chi connectivity index (χ1n) is 5.07. The number of carbonyl (C=O) groups is 4. The van der Waals surface area contributed by atoms with E-state index < -0.39 is 42.3 Å². The topological polar surface area (TPSA) is 165 Å². The van der Waals surface area contributed by atoms with Crippen molar-refractivity contribution >= 4 is 23.7 Å². The van der Waals surface area contributed by atoms with Gasteiger partial charge in [0.15, 0.2) is 0 Å².